The summed E-state index contributed by atoms with van der Waals surface area (Å²) >= 11 is 0. The summed E-state index contributed by atoms with van der Waals surface area (Å²) in [6, 6.07) is 0. The molecule has 5 heterocycles. The highest BCUT2D eigenvalue weighted by Crippen LogP contribution is 2.37. The SMILES string of the molecule is CO[C@@H]1[C@H](O)[C@@H](O[C@H]2[C@H](OC)[C@H](O)[C@@H](O[C@H]3[C@H](OC)[C@H](O)[C@@H](O[C@H]4[C@H](OC)[C@H](O)[C@@H](O[C@H]5[C@H](OC)[C@H](O)[C@@H](O)O[C@@H]5CO)O[C@@H]4CO)O[C@@H]3CO)O[C@@H]2CO)O[C@H](CO)[C@H]1O. The molecule has 61 heavy (non-hydrogen) atoms. The maximum absolute atomic E-state index is 11.6. The summed E-state index contributed by atoms with van der Waals surface area (Å²) in [5.74, 6) is 0. The normalized spacial score (nSPS) is 49.8. The lowest BCUT2D eigenvalue weighted by Crippen LogP contribution is -2.68. The predicted molar refractivity (Wildman–Crippen MR) is 190 cm³/mol. The Bertz CT molecular complexity index is 1290. The van der Waals surface area contributed by atoms with Gasteiger partial charge >= 0.3 is 0 Å². The van der Waals surface area contributed by atoms with Crippen molar-refractivity contribution in [1.82, 2.24) is 0 Å². The van der Waals surface area contributed by atoms with E-state index in [1.54, 1.807) is 0 Å². The van der Waals surface area contributed by atoms with Gasteiger partial charge in [-0.2, -0.15) is 0 Å². The van der Waals surface area contributed by atoms with Gasteiger partial charge in [-0.1, -0.05) is 0 Å². The highest BCUT2D eigenvalue weighted by Gasteiger charge is 2.57. The highest BCUT2D eigenvalue weighted by atomic mass is 16.8. The minimum Gasteiger partial charge on any atom is -0.394 e. The molecule has 0 aliphatic carbocycles. The lowest BCUT2D eigenvalue weighted by molar-refractivity contribution is -0.395. The third-order valence-electron chi connectivity index (χ3n) is 11.5. The second-order valence-corrected chi connectivity index (χ2v) is 15.0. The average molecular weight is 899 g/mol. The lowest BCUT2D eigenvalue weighted by atomic mass is 9.95. The van der Waals surface area contributed by atoms with Gasteiger partial charge in [0.05, 0.1) is 33.0 Å². The number of aliphatic hydroxyl groups is 12. The Hall–Kier alpha value is -1.04. The molecular formula is C35H62O26. The minimum atomic E-state index is -1.77. The van der Waals surface area contributed by atoms with Gasteiger partial charge in [0.1, 0.15) is 122 Å². The topological polar surface area (TPSA) is 372 Å². The summed E-state index contributed by atoms with van der Waals surface area (Å²) < 4.78 is 79.5. The summed E-state index contributed by atoms with van der Waals surface area (Å²) in [7, 11) is 6.03. The zero-order valence-electron chi connectivity index (χ0n) is 34.1. The van der Waals surface area contributed by atoms with Crippen LogP contribution in [0.15, 0.2) is 0 Å². The van der Waals surface area contributed by atoms with E-state index >= 15 is 0 Å². The summed E-state index contributed by atoms with van der Waals surface area (Å²) in [6.07, 6.45) is -37.0. The maximum atomic E-state index is 11.6. The van der Waals surface area contributed by atoms with E-state index in [4.69, 9.17) is 66.3 Å². The van der Waals surface area contributed by atoms with E-state index in [9.17, 15) is 61.3 Å². The van der Waals surface area contributed by atoms with E-state index in [0.717, 1.165) is 0 Å². The van der Waals surface area contributed by atoms with Crippen LogP contribution in [0.3, 0.4) is 0 Å². The molecule has 0 saturated carbocycles. The molecule has 0 aromatic rings. The summed E-state index contributed by atoms with van der Waals surface area (Å²) in [4.78, 5) is 0. The molecule has 5 fully saturated rings. The van der Waals surface area contributed by atoms with Crippen LogP contribution in [0.5, 0.6) is 0 Å². The monoisotopic (exact) mass is 898 g/mol. The second-order valence-electron chi connectivity index (χ2n) is 15.0. The molecule has 12 N–H and O–H groups in total. The molecule has 0 bridgehead atoms. The van der Waals surface area contributed by atoms with Crippen molar-refractivity contribution < 1.29 is 128 Å². The zero-order chi connectivity index (χ0) is 44.9. The molecule has 26 heteroatoms. The van der Waals surface area contributed by atoms with Gasteiger partial charge < -0.3 is 128 Å². The number of ether oxygens (including phenoxy) is 14. The van der Waals surface area contributed by atoms with Gasteiger partial charge in [-0.15, -0.1) is 0 Å². The van der Waals surface area contributed by atoms with Crippen molar-refractivity contribution in [2.45, 2.75) is 154 Å². The molecule has 0 amide bonds. The van der Waals surface area contributed by atoms with Crippen LogP contribution in [0.4, 0.5) is 0 Å². The first-order valence-corrected chi connectivity index (χ1v) is 19.6. The quantitative estimate of drug-likeness (QED) is 0.0608. The van der Waals surface area contributed by atoms with Crippen LogP contribution in [0, 0.1) is 0 Å². The summed E-state index contributed by atoms with van der Waals surface area (Å²) in [5, 5.41) is 127. The summed E-state index contributed by atoms with van der Waals surface area (Å²) in [5.41, 5.74) is 0. The Morgan fingerprint density at radius 2 is 0.541 bits per heavy atom. The van der Waals surface area contributed by atoms with Crippen LogP contribution < -0.4 is 0 Å². The van der Waals surface area contributed by atoms with Gasteiger partial charge in [-0.25, -0.2) is 0 Å². The van der Waals surface area contributed by atoms with Crippen molar-refractivity contribution in [3.8, 4) is 0 Å². The second kappa shape index (κ2) is 22.9. The number of methoxy groups -OCH3 is 5. The van der Waals surface area contributed by atoms with Crippen molar-refractivity contribution in [1.29, 1.82) is 0 Å². The van der Waals surface area contributed by atoms with Crippen molar-refractivity contribution in [3.05, 3.63) is 0 Å². The number of rotatable bonds is 18. The van der Waals surface area contributed by atoms with Crippen LogP contribution in [0.25, 0.3) is 0 Å². The van der Waals surface area contributed by atoms with E-state index in [0.29, 0.717) is 0 Å². The molecule has 5 rings (SSSR count). The van der Waals surface area contributed by atoms with Crippen molar-refractivity contribution >= 4 is 0 Å². The third-order valence-corrected chi connectivity index (χ3v) is 11.5. The van der Waals surface area contributed by atoms with E-state index in [2.05, 4.69) is 0 Å². The smallest absolute Gasteiger partial charge is 0.187 e. The Balaban J connectivity index is 1.29. The fourth-order valence-electron chi connectivity index (χ4n) is 8.32. The van der Waals surface area contributed by atoms with Crippen LogP contribution in [0.1, 0.15) is 0 Å². The molecule has 0 spiro atoms. The number of aliphatic hydroxyl groups excluding tert-OH is 12. The first-order valence-electron chi connectivity index (χ1n) is 19.6. The van der Waals surface area contributed by atoms with Gasteiger partial charge in [0.25, 0.3) is 0 Å². The van der Waals surface area contributed by atoms with E-state index in [1.165, 1.54) is 35.5 Å². The molecule has 0 radical (unpaired) electrons. The van der Waals surface area contributed by atoms with E-state index in [1.807, 2.05) is 0 Å². The van der Waals surface area contributed by atoms with Gasteiger partial charge in [0.2, 0.25) is 0 Å². The molecular weight excluding hydrogens is 836 g/mol. The van der Waals surface area contributed by atoms with Crippen LogP contribution >= 0.6 is 0 Å². The fourth-order valence-corrected chi connectivity index (χ4v) is 8.32. The molecule has 0 aromatic carbocycles. The fraction of sp³-hybridized carbons (Fsp3) is 1.00. The zero-order valence-corrected chi connectivity index (χ0v) is 34.1. The maximum Gasteiger partial charge on any atom is 0.187 e. The molecule has 5 aliphatic rings. The molecule has 358 valence electrons. The Morgan fingerprint density at radius 3 is 0.820 bits per heavy atom. The molecule has 5 saturated heterocycles. The first-order chi connectivity index (χ1) is 29.2. The van der Waals surface area contributed by atoms with Crippen molar-refractivity contribution in [3.63, 3.8) is 0 Å². The molecule has 0 unspecified atom stereocenters. The Kier molecular flexibility index (Phi) is 19.1. The predicted octanol–water partition coefficient (Wildman–Crippen LogP) is -8.65. The van der Waals surface area contributed by atoms with Crippen LogP contribution in [0.2, 0.25) is 0 Å². The average Bonchev–Trinajstić information content (AvgIpc) is 3.25. The van der Waals surface area contributed by atoms with Gasteiger partial charge in [-0.3, -0.25) is 0 Å². The highest BCUT2D eigenvalue weighted by molar-refractivity contribution is 5.00. The minimum absolute atomic E-state index is 0.669. The van der Waals surface area contributed by atoms with E-state index < -0.39 is 187 Å². The van der Waals surface area contributed by atoms with Crippen molar-refractivity contribution in [2.75, 3.05) is 68.6 Å². The van der Waals surface area contributed by atoms with Crippen LogP contribution in [-0.4, -0.2) is 283 Å². The third kappa shape index (κ3) is 10.5. The summed E-state index contributed by atoms with van der Waals surface area (Å²) in [6.45, 7) is -3.71. The Morgan fingerprint density at radius 1 is 0.295 bits per heavy atom. The first kappa shape index (κ1) is 51.0. The standard InChI is InChI=1S/C35H62O26/c1-48-26-16(41)11(6-36)54-32(18(26)43)59-23-13(8-38)56-34(20(45)28(23)50-3)61-25-15(10-40)57-35(21(46)30(25)52-5)60-24-14(9-39)55-33(19(44)29(24)51-4)58-22-12(7-37)53-31(47)17(42)27(22)49-2/h11-47H,6-10H2,1-5H3/t11-,12-,13-,14-,15-,16-,17+,18+,19+,20+,21+,22-,23-,24-,25-,26+,27-,28-,29-,30-,31+,32-,33-,34-,35-/m1/s1. The molecule has 5 aliphatic heterocycles. The van der Waals surface area contributed by atoms with Gasteiger partial charge in [0, 0.05) is 35.5 Å². The Labute approximate surface area is 349 Å². The molecule has 0 aromatic heterocycles. The van der Waals surface area contributed by atoms with Gasteiger partial charge in [0.15, 0.2) is 31.5 Å². The van der Waals surface area contributed by atoms with E-state index in [-0.39, 0.29) is 0 Å². The lowest BCUT2D eigenvalue weighted by Gasteiger charge is -2.50. The number of hydrogen-bond donors (Lipinski definition) is 12. The number of hydrogen-bond acceptors (Lipinski definition) is 26. The van der Waals surface area contributed by atoms with Crippen molar-refractivity contribution in [2.24, 2.45) is 0 Å². The van der Waals surface area contributed by atoms with Crippen LogP contribution in [-0.2, 0) is 66.3 Å². The van der Waals surface area contributed by atoms with Gasteiger partial charge in [-0.05, 0) is 0 Å². The molecule has 25 atom stereocenters. The molecule has 26 nitrogen and oxygen atoms in total. The largest absolute Gasteiger partial charge is 0.394 e.